The van der Waals surface area contributed by atoms with E-state index in [1.54, 1.807) is 0 Å². The highest BCUT2D eigenvalue weighted by Crippen LogP contribution is 2.41. The lowest BCUT2D eigenvalue weighted by Gasteiger charge is -2.41. The van der Waals surface area contributed by atoms with Crippen molar-refractivity contribution in [2.24, 2.45) is 5.92 Å². The van der Waals surface area contributed by atoms with Crippen LogP contribution in [-0.4, -0.2) is 51.4 Å². The zero-order valence-corrected chi connectivity index (χ0v) is 20.0. The third-order valence-corrected chi connectivity index (χ3v) is 7.28. The van der Waals surface area contributed by atoms with Crippen LogP contribution in [-0.2, 0) is 36.8 Å². The number of aliphatic hydroxyl groups is 4. The fourth-order valence-corrected chi connectivity index (χ4v) is 5.50. The SMILES string of the molecule is CCc1ccc(Cc2cc(C3OC(CO)C(O)C(O)C3O)c(CC(C)C)c3c2CCC3)cc1. The first-order valence-electron chi connectivity index (χ1n) is 12.4. The number of rotatable bonds is 7. The maximum absolute atomic E-state index is 10.9. The predicted molar refractivity (Wildman–Crippen MR) is 128 cm³/mol. The molecule has 2 aliphatic rings. The molecule has 0 amide bonds. The van der Waals surface area contributed by atoms with Crippen molar-refractivity contribution in [3.8, 4) is 0 Å². The zero-order chi connectivity index (χ0) is 23.7. The average Bonchev–Trinajstić information content (AvgIpc) is 3.30. The van der Waals surface area contributed by atoms with Crippen LogP contribution in [0.5, 0.6) is 0 Å². The van der Waals surface area contributed by atoms with Gasteiger partial charge in [-0.25, -0.2) is 0 Å². The van der Waals surface area contributed by atoms with E-state index in [1.807, 2.05) is 0 Å². The van der Waals surface area contributed by atoms with Crippen LogP contribution < -0.4 is 0 Å². The van der Waals surface area contributed by atoms with Gasteiger partial charge in [0.2, 0.25) is 0 Å². The second-order valence-electron chi connectivity index (χ2n) is 10.1. The summed E-state index contributed by atoms with van der Waals surface area (Å²) in [5.41, 5.74) is 8.67. The van der Waals surface area contributed by atoms with E-state index in [0.29, 0.717) is 5.92 Å². The Bertz CT molecular complexity index is 950. The molecule has 2 aromatic rings. The number of benzene rings is 2. The van der Waals surface area contributed by atoms with Crippen molar-refractivity contribution in [3.63, 3.8) is 0 Å². The molecular formula is C28H38O5. The van der Waals surface area contributed by atoms with Gasteiger partial charge < -0.3 is 25.2 Å². The van der Waals surface area contributed by atoms with Gasteiger partial charge in [-0.2, -0.15) is 0 Å². The van der Waals surface area contributed by atoms with E-state index in [0.717, 1.165) is 44.1 Å². The molecule has 0 aromatic heterocycles. The van der Waals surface area contributed by atoms with Gasteiger partial charge >= 0.3 is 0 Å². The van der Waals surface area contributed by atoms with E-state index < -0.39 is 37.1 Å². The molecule has 1 saturated heterocycles. The van der Waals surface area contributed by atoms with Crippen LogP contribution in [0.25, 0.3) is 0 Å². The summed E-state index contributed by atoms with van der Waals surface area (Å²) < 4.78 is 6.02. The summed E-state index contributed by atoms with van der Waals surface area (Å²) in [6.07, 6.45) is 0.178. The number of fused-ring (bicyclic) bond motifs is 1. The number of ether oxygens (including phenoxy) is 1. The molecule has 33 heavy (non-hydrogen) atoms. The minimum absolute atomic E-state index is 0.414. The topological polar surface area (TPSA) is 90.2 Å². The third kappa shape index (κ3) is 4.89. The van der Waals surface area contributed by atoms with Crippen LogP contribution in [0, 0.1) is 5.92 Å². The Kier molecular flexibility index (Phi) is 7.56. The predicted octanol–water partition coefficient (Wildman–Crippen LogP) is 3.04. The summed E-state index contributed by atoms with van der Waals surface area (Å²) >= 11 is 0. The molecule has 0 spiro atoms. The van der Waals surface area contributed by atoms with E-state index in [2.05, 4.69) is 51.1 Å². The molecule has 180 valence electrons. The van der Waals surface area contributed by atoms with E-state index in [4.69, 9.17) is 4.74 Å². The largest absolute Gasteiger partial charge is 0.394 e. The fraction of sp³-hybridized carbons (Fsp3) is 0.571. The van der Waals surface area contributed by atoms with Crippen LogP contribution in [0.15, 0.2) is 30.3 Å². The lowest BCUT2D eigenvalue weighted by atomic mass is 9.81. The van der Waals surface area contributed by atoms with Gasteiger partial charge in [0.05, 0.1) is 6.61 Å². The Morgan fingerprint density at radius 1 is 0.939 bits per heavy atom. The summed E-state index contributed by atoms with van der Waals surface area (Å²) in [7, 11) is 0. The Morgan fingerprint density at radius 2 is 1.61 bits per heavy atom. The van der Waals surface area contributed by atoms with E-state index in [1.165, 1.54) is 33.4 Å². The third-order valence-electron chi connectivity index (χ3n) is 7.28. The maximum Gasteiger partial charge on any atom is 0.113 e. The second kappa shape index (κ2) is 10.2. The molecule has 1 fully saturated rings. The van der Waals surface area contributed by atoms with Gasteiger partial charge in [0.15, 0.2) is 0 Å². The first-order valence-corrected chi connectivity index (χ1v) is 12.4. The monoisotopic (exact) mass is 454 g/mol. The van der Waals surface area contributed by atoms with Gasteiger partial charge in [-0.3, -0.25) is 0 Å². The van der Waals surface area contributed by atoms with Crippen molar-refractivity contribution < 1.29 is 25.2 Å². The maximum atomic E-state index is 10.9. The Hall–Kier alpha value is -1.76. The molecule has 0 radical (unpaired) electrons. The van der Waals surface area contributed by atoms with Gasteiger partial charge in [0.1, 0.15) is 30.5 Å². The van der Waals surface area contributed by atoms with Crippen LogP contribution in [0.2, 0.25) is 0 Å². The number of aryl methyl sites for hydroxylation is 1. The smallest absolute Gasteiger partial charge is 0.113 e. The lowest BCUT2D eigenvalue weighted by molar-refractivity contribution is -0.231. The number of hydrogen-bond donors (Lipinski definition) is 4. The van der Waals surface area contributed by atoms with Gasteiger partial charge in [-0.15, -0.1) is 0 Å². The quantitative estimate of drug-likeness (QED) is 0.516. The molecule has 5 unspecified atom stereocenters. The van der Waals surface area contributed by atoms with E-state index >= 15 is 0 Å². The van der Waals surface area contributed by atoms with Crippen LogP contribution in [0.4, 0.5) is 0 Å². The molecule has 1 heterocycles. The van der Waals surface area contributed by atoms with Crippen molar-refractivity contribution in [2.75, 3.05) is 6.61 Å². The molecule has 4 rings (SSSR count). The molecule has 2 aromatic carbocycles. The van der Waals surface area contributed by atoms with E-state index in [-0.39, 0.29) is 0 Å². The van der Waals surface area contributed by atoms with E-state index in [9.17, 15) is 20.4 Å². The Labute approximate surface area is 197 Å². The first kappa shape index (κ1) is 24.4. The minimum atomic E-state index is -1.37. The molecule has 1 aliphatic heterocycles. The zero-order valence-electron chi connectivity index (χ0n) is 20.0. The highest BCUT2D eigenvalue weighted by atomic mass is 16.5. The normalized spacial score (nSPS) is 27.2. The summed E-state index contributed by atoms with van der Waals surface area (Å²) in [4.78, 5) is 0. The standard InChI is InChI=1S/C28H38O5/c1-4-17-8-10-18(11-9-17)13-19-14-23(22(12-16(2)3)21-7-5-6-20(19)21)28-27(32)26(31)25(30)24(15-29)33-28/h8-11,14,16,24-32H,4-7,12-13,15H2,1-3H3. The van der Waals surface area contributed by atoms with Crippen LogP contribution >= 0.6 is 0 Å². The van der Waals surface area contributed by atoms with Crippen molar-refractivity contribution >= 4 is 0 Å². The molecular weight excluding hydrogens is 416 g/mol. The van der Waals surface area contributed by atoms with Crippen molar-refractivity contribution in [1.29, 1.82) is 0 Å². The summed E-state index contributed by atoms with van der Waals surface area (Å²) in [6.45, 7) is 6.11. The van der Waals surface area contributed by atoms with Crippen molar-refractivity contribution in [2.45, 2.75) is 89.8 Å². The van der Waals surface area contributed by atoms with Crippen LogP contribution in [0.1, 0.15) is 72.2 Å². The van der Waals surface area contributed by atoms with Crippen molar-refractivity contribution in [1.82, 2.24) is 0 Å². The average molecular weight is 455 g/mol. The molecule has 1 aliphatic carbocycles. The highest BCUT2D eigenvalue weighted by molar-refractivity contribution is 5.51. The highest BCUT2D eigenvalue weighted by Gasteiger charge is 2.45. The van der Waals surface area contributed by atoms with Gasteiger partial charge in [0.25, 0.3) is 0 Å². The molecule has 0 bridgehead atoms. The number of aliphatic hydroxyl groups excluding tert-OH is 4. The Balaban J connectivity index is 1.79. The molecule has 5 heteroatoms. The fourth-order valence-electron chi connectivity index (χ4n) is 5.50. The summed E-state index contributed by atoms with van der Waals surface area (Å²) in [5.74, 6) is 0.422. The molecule has 0 saturated carbocycles. The Morgan fingerprint density at radius 3 is 2.24 bits per heavy atom. The summed E-state index contributed by atoms with van der Waals surface area (Å²) in [6, 6.07) is 10.9. The summed E-state index contributed by atoms with van der Waals surface area (Å²) in [5, 5.41) is 41.4. The molecule has 5 atom stereocenters. The number of hydrogen-bond acceptors (Lipinski definition) is 5. The molecule has 4 N–H and O–H groups in total. The molecule has 5 nitrogen and oxygen atoms in total. The first-order chi connectivity index (χ1) is 15.8. The lowest BCUT2D eigenvalue weighted by Crippen LogP contribution is -2.55. The minimum Gasteiger partial charge on any atom is -0.394 e. The van der Waals surface area contributed by atoms with Crippen molar-refractivity contribution in [3.05, 3.63) is 69.3 Å². The van der Waals surface area contributed by atoms with Gasteiger partial charge in [-0.05, 0) is 83.4 Å². The van der Waals surface area contributed by atoms with Gasteiger partial charge in [0, 0.05) is 0 Å². The van der Waals surface area contributed by atoms with Crippen LogP contribution in [0.3, 0.4) is 0 Å². The second-order valence-corrected chi connectivity index (χ2v) is 10.1. The van der Waals surface area contributed by atoms with Gasteiger partial charge in [-0.1, -0.05) is 51.1 Å².